The zero-order valence-electron chi connectivity index (χ0n) is 21.1. The maximum atomic E-state index is 14.1. The van der Waals surface area contributed by atoms with Gasteiger partial charge in [0.1, 0.15) is 25.0 Å². The molecule has 3 heterocycles. The van der Waals surface area contributed by atoms with E-state index in [2.05, 4.69) is 9.88 Å². The molecule has 2 aliphatic rings. The number of hydrogen-bond acceptors (Lipinski definition) is 6. The van der Waals surface area contributed by atoms with Gasteiger partial charge in [-0.1, -0.05) is 48.2 Å². The minimum atomic E-state index is -0.893. The van der Waals surface area contributed by atoms with Crippen molar-refractivity contribution in [3.8, 4) is 17.2 Å². The highest BCUT2D eigenvalue weighted by molar-refractivity contribution is 8.00. The summed E-state index contributed by atoms with van der Waals surface area (Å²) < 4.78 is 19.0. The van der Waals surface area contributed by atoms with E-state index in [1.54, 1.807) is 24.1 Å². The van der Waals surface area contributed by atoms with Crippen molar-refractivity contribution in [1.82, 2.24) is 9.88 Å². The largest absolute Gasteiger partial charge is 0.496 e. The number of para-hydroxylation sites is 2. The third kappa shape index (κ3) is 4.12. The molecule has 1 N–H and O–H groups in total. The third-order valence-corrected chi connectivity index (χ3v) is 8.08. The first-order chi connectivity index (χ1) is 18.6. The fraction of sp³-hybridized carbons (Fsp3) is 0.241. The summed E-state index contributed by atoms with van der Waals surface area (Å²) in [7, 11) is 3.58. The normalized spacial score (nSPS) is 16.6. The van der Waals surface area contributed by atoms with Crippen molar-refractivity contribution in [3.63, 3.8) is 0 Å². The van der Waals surface area contributed by atoms with E-state index in [4.69, 9.17) is 14.2 Å². The van der Waals surface area contributed by atoms with Gasteiger partial charge in [0.2, 0.25) is 11.8 Å². The molecule has 0 saturated heterocycles. The summed E-state index contributed by atoms with van der Waals surface area (Å²) in [6, 6.07) is 20.0. The summed E-state index contributed by atoms with van der Waals surface area (Å²) in [5.41, 5.74) is 3.25. The Kier molecular flexibility index (Phi) is 6.37. The molecule has 0 unspecified atom stereocenters. The topological polar surface area (TPSA) is 82.0 Å². The zero-order chi connectivity index (χ0) is 26.2. The van der Waals surface area contributed by atoms with E-state index in [0.717, 1.165) is 27.1 Å². The summed E-state index contributed by atoms with van der Waals surface area (Å²) in [4.78, 5) is 29.4. The first-order valence-corrected chi connectivity index (χ1v) is 13.4. The molecular weight excluding hydrogens is 502 g/mol. The number of amides is 2. The molecule has 0 aliphatic carbocycles. The van der Waals surface area contributed by atoms with E-state index in [1.807, 2.05) is 61.6 Å². The maximum Gasteiger partial charge on any atom is 0.248 e. The van der Waals surface area contributed by atoms with Crippen LogP contribution in [0.15, 0.2) is 71.8 Å². The van der Waals surface area contributed by atoms with Crippen LogP contribution >= 0.6 is 11.8 Å². The number of carbonyl (C=O) groups excluding carboxylic acids is 2. The number of carbonyl (C=O) groups is 2. The lowest BCUT2D eigenvalue weighted by atomic mass is 10.0. The van der Waals surface area contributed by atoms with Crippen molar-refractivity contribution in [2.24, 2.45) is 7.05 Å². The first-order valence-electron chi connectivity index (χ1n) is 12.4. The zero-order valence-corrected chi connectivity index (χ0v) is 21.9. The van der Waals surface area contributed by atoms with Gasteiger partial charge in [0.05, 0.1) is 17.9 Å². The van der Waals surface area contributed by atoms with Gasteiger partial charge in [-0.2, -0.15) is 0 Å². The molecule has 6 rings (SSSR count). The van der Waals surface area contributed by atoms with Crippen LogP contribution in [-0.2, 0) is 23.2 Å². The average molecular weight is 530 g/mol. The number of nitrogens with zero attached hydrogens (tertiary/aromatic N) is 2. The van der Waals surface area contributed by atoms with E-state index < -0.39 is 6.04 Å². The standard InChI is InChI=1S/C29H27N3O5S/c1-31-21-9-5-4-8-20(21)26-27(28(34)30-16-18-7-3-6-10-22(18)35-2)32(25(33)17-38-29(26)31)19-11-12-23-24(15-19)37-14-13-36-23/h3-12,15,27H,13-14,16-17H2,1-2H3,(H,30,34)/t27-/m0/s1. The molecule has 0 radical (unpaired) electrons. The molecule has 3 aromatic carbocycles. The molecule has 1 atom stereocenters. The van der Waals surface area contributed by atoms with Gasteiger partial charge < -0.3 is 24.1 Å². The van der Waals surface area contributed by atoms with Crippen LogP contribution in [0.3, 0.4) is 0 Å². The summed E-state index contributed by atoms with van der Waals surface area (Å²) in [6.45, 7) is 1.16. The fourth-order valence-corrected chi connectivity index (χ4v) is 6.23. The fourth-order valence-electron chi connectivity index (χ4n) is 5.16. The second-order valence-corrected chi connectivity index (χ2v) is 10.1. The summed E-state index contributed by atoms with van der Waals surface area (Å²) in [5.74, 6) is 1.63. The number of anilines is 1. The third-order valence-electron chi connectivity index (χ3n) is 6.92. The molecular formula is C29H27N3O5S. The van der Waals surface area contributed by atoms with Gasteiger partial charge in [-0.3, -0.25) is 14.5 Å². The van der Waals surface area contributed by atoms with Crippen LogP contribution < -0.4 is 24.4 Å². The van der Waals surface area contributed by atoms with Crippen LogP contribution in [0.1, 0.15) is 17.2 Å². The van der Waals surface area contributed by atoms with Gasteiger partial charge in [-0.05, 0) is 24.3 Å². The van der Waals surface area contributed by atoms with Gasteiger partial charge >= 0.3 is 0 Å². The van der Waals surface area contributed by atoms with Crippen molar-refractivity contribution in [3.05, 3.63) is 77.9 Å². The molecule has 9 heteroatoms. The van der Waals surface area contributed by atoms with Crippen LogP contribution in [0.25, 0.3) is 10.9 Å². The van der Waals surface area contributed by atoms with Crippen LogP contribution in [0, 0.1) is 0 Å². The summed E-state index contributed by atoms with van der Waals surface area (Å²) >= 11 is 1.45. The molecule has 0 saturated carbocycles. The number of thioether (sulfide) groups is 1. The Bertz CT molecular complexity index is 1550. The summed E-state index contributed by atoms with van der Waals surface area (Å²) in [6.07, 6.45) is 0. The molecule has 4 aromatic rings. The average Bonchev–Trinajstić information content (AvgIpc) is 3.13. The second-order valence-electron chi connectivity index (χ2n) is 9.11. The van der Waals surface area contributed by atoms with Gasteiger partial charge in [0.15, 0.2) is 11.5 Å². The number of rotatable bonds is 5. The molecule has 0 spiro atoms. The molecule has 2 amide bonds. The van der Waals surface area contributed by atoms with Crippen LogP contribution in [0.4, 0.5) is 5.69 Å². The number of nitrogens with one attached hydrogen (secondary N) is 1. The van der Waals surface area contributed by atoms with Crippen molar-refractivity contribution >= 4 is 40.2 Å². The molecule has 8 nitrogen and oxygen atoms in total. The lowest BCUT2D eigenvalue weighted by Crippen LogP contribution is -2.44. The monoisotopic (exact) mass is 529 g/mol. The number of fused-ring (bicyclic) bond motifs is 4. The Morgan fingerprint density at radius 1 is 1.05 bits per heavy atom. The maximum absolute atomic E-state index is 14.1. The summed E-state index contributed by atoms with van der Waals surface area (Å²) in [5, 5.41) is 4.92. The van der Waals surface area contributed by atoms with Gasteiger partial charge in [0.25, 0.3) is 0 Å². The minimum Gasteiger partial charge on any atom is -0.496 e. The first kappa shape index (κ1) is 24.2. The van der Waals surface area contributed by atoms with Crippen LogP contribution in [-0.4, -0.2) is 42.5 Å². The Balaban J connectivity index is 1.47. The van der Waals surface area contributed by atoms with Crippen LogP contribution in [0.5, 0.6) is 17.2 Å². The molecule has 0 bridgehead atoms. The number of methoxy groups -OCH3 is 1. The number of aromatic nitrogens is 1. The smallest absolute Gasteiger partial charge is 0.248 e. The van der Waals surface area contributed by atoms with E-state index in [0.29, 0.717) is 36.1 Å². The highest BCUT2D eigenvalue weighted by Gasteiger charge is 2.40. The number of aryl methyl sites for hydroxylation is 1. The predicted octanol–water partition coefficient (Wildman–Crippen LogP) is 4.45. The number of ether oxygens (including phenoxy) is 3. The molecule has 194 valence electrons. The van der Waals surface area contributed by atoms with Crippen molar-refractivity contribution in [2.45, 2.75) is 17.6 Å². The minimum absolute atomic E-state index is 0.163. The Labute approximate surface area is 224 Å². The number of benzene rings is 3. The Morgan fingerprint density at radius 2 is 1.82 bits per heavy atom. The van der Waals surface area contributed by atoms with E-state index in [1.165, 1.54) is 11.8 Å². The lowest BCUT2D eigenvalue weighted by molar-refractivity contribution is -0.125. The molecule has 1 aromatic heterocycles. The molecule has 38 heavy (non-hydrogen) atoms. The van der Waals surface area contributed by atoms with Crippen molar-refractivity contribution in [2.75, 3.05) is 31.0 Å². The molecule has 2 aliphatic heterocycles. The predicted molar refractivity (Wildman–Crippen MR) is 146 cm³/mol. The van der Waals surface area contributed by atoms with Gasteiger partial charge in [-0.15, -0.1) is 0 Å². The van der Waals surface area contributed by atoms with E-state index >= 15 is 0 Å². The van der Waals surface area contributed by atoms with E-state index in [9.17, 15) is 9.59 Å². The SMILES string of the molecule is COc1ccccc1CNC(=O)[C@@H]1c2c(n(C)c3ccccc23)SCC(=O)N1c1ccc2c(c1)OCCO2. The quantitative estimate of drug-likeness (QED) is 0.411. The van der Waals surface area contributed by atoms with Gasteiger partial charge in [-0.25, -0.2) is 0 Å². The highest BCUT2D eigenvalue weighted by atomic mass is 32.2. The second kappa shape index (κ2) is 9.98. The molecule has 0 fully saturated rings. The van der Waals surface area contributed by atoms with Gasteiger partial charge in [0, 0.05) is 47.4 Å². The number of hydrogen-bond donors (Lipinski definition) is 1. The van der Waals surface area contributed by atoms with E-state index in [-0.39, 0.29) is 24.1 Å². The highest BCUT2D eigenvalue weighted by Crippen LogP contribution is 2.45. The Morgan fingerprint density at radius 3 is 2.66 bits per heavy atom. The lowest BCUT2D eigenvalue weighted by Gasteiger charge is -2.31. The van der Waals surface area contributed by atoms with Crippen LogP contribution in [0.2, 0.25) is 0 Å². The van der Waals surface area contributed by atoms with Crippen molar-refractivity contribution in [1.29, 1.82) is 0 Å². The van der Waals surface area contributed by atoms with Crippen molar-refractivity contribution < 1.29 is 23.8 Å². The Hall–Kier alpha value is -4.11.